The van der Waals surface area contributed by atoms with Gasteiger partial charge in [-0.15, -0.1) is 0 Å². The van der Waals surface area contributed by atoms with E-state index in [9.17, 15) is 4.79 Å². The van der Waals surface area contributed by atoms with Crippen LogP contribution in [0.2, 0.25) is 0 Å². The molecule has 0 unspecified atom stereocenters. The maximum atomic E-state index is 12.3. The third-order valence-corrected chi connectivity index (χ3v) is 3.21. The number of nitrogens with one attached hydrogen (secondary N) is 1. The summed E-state index contributed by atoms with van der Waals surface area (Å²) >= 11 is 4.92. The third-order valence-electron chi connectivity index (χ3n) is 2.70. The zero-order valence-corrected chi connectivity index (χ0v) is 12.3. The minimum absolute atomic E-state index is 0.203. The second kappa shape index (κ2) is 5.88. The Bertz CT molecular complexity index is 478. The molecule has 0 saturated heterocycles. The molecule has 0 fully saturated rings. The van der Waals surface area contributed by atoms with Gasteiger partial charge in [0.05, 0.1) is 24.7 Å². The number of hydrogen-bond acceptors (Lipinski definition) is 4. The number of hydrogen-bond donors (Lipinski definition) is 2. The summed E-state index contributed by atoms with van der Waals surface area (Å²) in [4.78, 5) is 12.5. The molecule has 1 aromatic rings. The molecule has 0 saturated carbocycles. The molecule has 1 amide bonds. The van der Waals surface area contributed by atoms with Gasteiger partial charge in [0.1, 0.15) is 17.1 Å². The quantitative estimate of drug-likeness (QED) is 0.801. The van der Waals surface area contributed by atoms with E-state index in [0.717, 1.165) is 0 Å². The Kier molecular flexibility index (Phi) is 4.72. The van der Waals surface area contributed by atoms with Gasteiger partial charge >= 0.3 is 0 Å². The summed E-state index contributed by atoms with van der Waals surface area (Å²) in [5, 5.41) is 2.76. The molecule has 0 aromatic heterocycles. The first-order valence-corrected chi connectivity index (χ1v) is 6.07. The first-order chi connectivity index (χ1) is 8.83. The van der Waals surface area contributed by atoms with Crippen molar-refractivity contribution in [1.29, 1.82) is 0 Å². The van der Waals surface area contributed by atoms with Gasteiger partial charge < -0.3 is 20.5 Å². The summed E-state index contributed by atoms with van der Waals surface area (Å²) in [7, 11) is 2.98. The molecule has 0 aliphatic carbocycles. The Morgan fingerprint density at radius 3 is 2.11 bits per heavy atom. The number of carbonyl (C=O) groups excluding carboxylic acids is 1. The summed E-state index contributed by atoms with van der Waals surface area (Å²) in [6.07, 6.45) is 0. The normalized spacial score (nSPS) is 10.7. The van der Waals surface area contributed by atoms with Crippen LogP contribution in [0.15, 0.2) is 18.2 Å². The molecule has 1 rings (SSSR count). The van der Waals surface area contributed by atoms with Crippen LogP contribution >= 0.6 is 12.2 Å². The second-order valence-electron chi connectivity index (χ2n) is 4.48. The third kappa shape index (κ3) is 3.35. The number of ether oxygens (including phenoxy) is 2. The van der Waals surface area contributed by atoms with E-state index in [-0.39, 0.29) is 10.9 Å². The minimum atomic E-state index is -0.793. The number of methoxy groups -OCH3 is 2. The average molecular weight is 282 g/mol. The fraction of sp³-hybridized carbons (Fsp3) is 0.385. The molecule has 5 nitrogen and oxygen atoms in total. The Hall–Kier alpha value is -1.82. The molecule has 0 heterocycles. The fourth-order valence-electron chi connectivity index (χ4n) is 1.48. The molecule has 1 aromatic carbocycles. The summed E-state index contributed by atoms with van der Waals surface area (Å²) in [6.45, 7) is 3.46. The summed E-state index contributed by atoms with van der Waals surface area (Å²) in [5.74, 6) is 0.498. The summed E-state index contributed by atoms with van der Waals surface area (Å²) in [6, 6.07) is 5.11. The Labute approximate surface area is 118 Å². The van der Waals surface area contributed by atoms with Crippen LogP contribution in [-0.2, 0) is 0 Å². The van der Waals surface area contributed by atoms with Crippen LogP contribution in [-0.4, -0.2) is 30.7 Å². The van der Waals surface area contributed by atoms with Crippen molar-refractivity contribution < 1.29 is 14.3 Å². The number of benzene rings is 1. The molecular formula is C13H18N2O3S. The molecule has 0 aliphatic rings. The summed E-state index contributed by atoms with van der Waals surface area (Å²) in [5.41, 5.74) is 5.12. The number of amides is 1. The van der Waals surface area contributed by atoms with Crippen molar-refractivity contribution >= 4 is 23.1 Å². The minimum Gasteiger partial charge on any atom is -0.496 e. The average Bonchev–Trinajstić information content (AvgIpc) is 2.36. The number of rotatable bonds is 5. The van der Waals surface area contributed by atoms with Crippen LogP contribution < -0.4 is 20.5 Å². The van der Waals surface area contributed by atoms with Gasteiger partial charge in [0, 0.05) is 0 Å². The van der Waals surface area contributed by atoms with Crippen molar-refractivity contribution in [1.82, 2.24) is 5.32 Å². The molecule has 0 atom stereocenters. The molecule has 3 N–H and O–H groups in total. The SMILES string of the molecule is COc1cccc(OC)c1C(=O)NC(C)(C)C(N)=S. The smallest absolute Gasteiger partial charge is 0.259 e. The topological polar surface area (TPSA) is 73.6 Å². The maximum Gasteiger partial charge on any atom is 0.259 e. The van der Waals surface area contributed by atoms with Crippen LogP contribution in [0, 0.1) is 0 Å². The highest BCUT2D eigenvalue weighted by atomic mass is 32.1. The number of nitrogens with two attached hydrogens (primary N) is 1. The van der Waals surface area contributed by atoms with Crippen molar-refractivity contribution in [2.75, 3.05) is 14.2 Å². The van der Waals surface area contributed by atoms with E-state index in [1.807, 2.05) is 0 Å². The van der Waals surface area contributed by atoms with E-state index < -0.39 is 5.54 Å². The molecule has 0 radical (unpaired) electrons. The molecule has 0 bridgehead atoms. The van der Waals surface area contributed by atoms with Crippen molar-refractivity contribution in [3.8, 4) is 11.5 Å². The van der Waals surface area contributed by atoms with Crippen molar-refractivity contribution in [3.63, 3.8) is 0 Å². The lowest BCUT2D eigenvalue weighted by Gasteiger charge is -2.25. The van der Waals surface area contributed by atoms with E-state index in [4.69, 9.17) is 27.4 Å². The molecule has 104 valence electrons. The standard InChI is InChI=1S/C13H18N2O3S/c1-13(2,12(14)19)15-11(16)10-8(17-3)6-5-7-9(10)18-4/h5-7H,1-4H3,(H2,14,19)(H,15,16). The van der Waals surface area contributed by atoms with Gasteiger partial charge in [-0.05, 0) is 26.0 Å². The molecule has 0 spiro atoms. The van der Waals surface area contributed by atoms with Crippen molar-refractivity contribution in [2.24, 2.45) is 5.73 Å². The second-order valence-corrected chi connectivity index (χ2v) is 4.92. The van der Waals surface area contributed by atoms with Gasteiger partial charge in [-0.2, -0.15) is 0 Å². The van der Waals surface area contributed by atoms with Gasteiger partial charge in [-0.25, -0.2) is 0 Å². The van der Waals surface area contributed by atoms with Crippen LogP contribution in [0.4, 0.5) is 0 Å². The fourth-order valence-corrected chi connectivity index (χ4v) is 1.53. The van der Waals surface area contributed by atoms with E-state index in [1.54, 1.807) is 32.0 Å². The summed E-state index contributed by atoms with van der Waals surface area (Å²) < 4.78 is 10.4. The monoisotopic (exact) mass is 282 g/mol. The van der Waals surface area contributed by atoms with Gasteiger partial charge in [0.25, 0.3) is 5.91 Å². The van der Waals surface area contributed by atoms with E-state index in [2.05, 4.69) is 5.32 Å². The lowest BCUT2D eigenvalue weighted by Crippen LogP contribution is -2.52. The molecular weight excluding hydrogens is 264 g/mol. The Morgan fingerprint density at radius 2 is 1.74 bits per heavy atom. The van der Waals surface area contributed by atoms with Crippen LogP contribution in [0.5, 0.6) is 11.5 Å². The van der Waals surface area contributed by atoms with E-state index in [0.29, 0.717) is 17.1 Å². The van der Waals surface area contributed by atoms with Gasteiger partial charge in [-0.1, -0.05) is 18.3 Å². The lowest BCUT2D eigenvalue weighted by molar-refractivity contribution is 0.0926. The van der Waals surface area contributed by atoms with Crippen LogP contribution in [0.3, 0.4) is 0 Å². The number of carbonyl (C=O) groups is 1. The van der Waals surface area contributed by atoms with Gasteiger partial charge in [0.2, 0.25) is 0 Å². The lowest BCUT2D eigenvalue weighted by atomic mass is 10.0. The Morgan fingerprint density at radius 1 is 1.26 bits per heavy atom. The largest absolute Gasteiger partial charge is 0.496 e. The number of thiocarbonyl (C=S) groups is 1. The highest BCUT2D eigenvalue weighted by molar-refractivity contribution is 7.80. The van der Waals surface area contributed by atoms with E-state index >= 15 is 0 Å². The maximum absolute atomic E-state index is 12.3. The molecule has 0 aliphatic heterocycles. The predicted molar refractivity (Wildman–Crippen MR) is 77.9 cm³/mol. The zero-order chi connectivity index (χ0) is 14.6. The van der Waals surface area contributed by atoms with Crippen molar-refractivity contribution in [2.45, 2.75) is 19.4 Å². The van der Waals surface area contributed by atoms with E-state index in [1.165, 1.54) is 14.2 Å². The van der Waals surface area contributed by atoms with Gasteiger partial charge in [-0.3, -0.25) is 4.79 Å². The Balaban J connectivity index is 3.15. The highest BCUT2D eigenvalue weighted by Crippen LogP contribution is 2.28. The molecule has 19 heavy (non-hydrogen) atoms. The zero-order valence-electron chi connectivity index (χ0n) is 11.4. The first kappa shape index (κ1) is 15.2. The highest BCUT2D eigenvalue weighted by Gasteiger charge is 2.27. The first-order valence-electron chi connectivity index (χ1n) is 5.67. The molecule has 6 heteroatoms. The van der Waals surface area contributed by atoms with Crippen LogP contribution in [0.1, 0.15) is 24.2 Å². The van der Waals surface area contributed by atoms with Crippen molar-refractivity contribution in [3.05, 3.63) is 23.8 Å². The van der Waals surface area contributed by atoms with Gasteiger partial charge in [0.15, 0.2) is 0 Å². The van der Waals surface area contributed by atoms with Crippen LogP contribution in [0.25, 0.3) is 0 Å². The predicted octanol–water partition coefficient (Wildman–Crippen LogP) is 1.50.